The quantitative estimate of drug-likeness (QED) is 0.895. The topological polar surface area (TPSA) is 58.1 Å². The zero-order chi connectivity index (χ0) is 13.0. The highest BCUT2D eigenvalue weighted by molar-refractivity contribution is 6.29. The smallest absolute Gasteiger partial charge is 0.317 e. The molecule has 2 heterocycles. The highest BCUT2D eigenvalue weighted by Gasteiger charge is 2.22. The second kappa shape index (κ2) is 6.00. The van der Waals surface area contributed by atoms with Crippen LogP contribution in [0, 0.1) is 0 Å². The molecule has 1 saturated heterocycles. The normalized spacial score (nSPS) is 19.7. The number of halogens is 1. The summed E-state index contributed by atoms with van der Waals surface area (Å²) in [7, 11) is 0. The molecule has 0 aromatic carbocycles. The van der Waals surface area contributed by atoms with Gasteiger partial charge in [-0.1, -0.05) is 11.6 Å². The maximum absolute atomic E-state index is 12.0. The molecular weight excluding hydrogens is 252 g/mol. The zero-order valence-corrected chi connectivity index (χ0v) is 11.2. The van der Waals surface area contributed by atoms with E-state index in [9.17, 15) is 4.79 Å². The maximum atomic E-state index is 12.0. The molecule has 0 saturated carbocycles. The molecule has 2 amide bonds. The lowest BCUT2D eigenvalue weighted by atomic mass is 10.0. The molecule has 1 aromatic heterocycles. The summed E-state index contributed by atoms with van der Waals surface area (Å²) in [6, 6.07) is 0.250. The first-order valence-electron chi connectivity index (χ1n) is 6.18. The number of aromatic nitrogens is 2. The Morgan fingerprint density at radius 2 is 2.28 bits per heavy atom. The first-order valence-corrected chi connectivity index (χ1v) is 6.56. The van der Waals surface area contributed by atoms with E-state index in [0.717, 1.165) is 19.4 Å². The summed E-state index contributed by atoms with van der Waals surface area (Å²) in [4.78, 5) is 21.9. The Morgan fingerprint density at radius 1 is 1.50 bits per heavy atom. The van der Waals surface area contributed by atoms with Crippen molar-refractivity contribution in [2.45, 2.75) is 38.8 Å². The lowest BCUT2D eigenvalue weighted by molar-refractivity contribution is 0.157. The summed E-state index contributed by atoms with van der Waals surface area (Å²) in [6.07, 6.45) is 6.43. The Labute approximate surface area is 112 Å². The minimum Gasteiger partial charge on any atom is -0.332 e. The molecule has 18 heavy (non-hydrogen) atoms. The summed E-state index contributed by atoms with van der Waals surface area (Å²) >= 11 is 5.88. The van der Waals surface area contributed by atoms with Crippen LogP contribution in [-0.4, -0.2) is 33.5 Å². The third-order valence-electron chi connectivity index (χ3n) is 3.19. The molecule has 1 aliphatic rings. The molecule has 0 spiro atoms. The van der Waals surface area contributed by atoms with Crippen molar-refractivity contribution < 1.29 is 4.79 Å². The van der Waals surface area contributed by atoms with Crippen LogP contribution >= 0.6 is 11.6 Å². The van der Waals surface area contributed by atoms with E-state index in [1.807, 2.05) is 4.90 Å². The average molecular weight is 269 g/mol. The first kappa shape index (κ1) is 13.1. The molecule has 98 valence electrons. The van der Waals surface area contributed by atoms with Crippen molar-refractivity contribution in [1.29, 1.82) is 0 Å². The Hall–Kier alpha value is -1.36. The van der Waals surface area contributed by atoms with Gasteiger partial charge in [0.05, 0.1) is 12.2 Å². The van der Waals surface area contributed by atoms with Gasteiger partial charge in [-0.05, 0) is 26.2 Å². The molecule has 1 aliphatic heterocycles. The summed E-state index contributed by atoms with van der Waals surface area (Å²) in [5.41, 5.74) is 0.595. The molecule has 0 aliphatic carbocycles. The van der Waals surface area contributed by atoms with Crippen molar-refractivity contribution in [3.05, 3.63) is 23.2 Å². The number of nitrogens with zero attached hydrogens (tertiary/aromatic N) is 3. The van der Waals surface area contributed by atoms with E-state index in [1.165, 1.54) is 12.6 Å². The van der Waals surface area contributed by atoms with Crippen LogP contribution in [0.1, 0.15) is 31.9 Å². The molecule has 2 rings (SSSR count). The van der Waals surface area contributed by atoms with E-state index < -0.39 is 0 Å². The molecule has 0 bridgehead atoms. The summed E-state index contributed by atoms with van der Waals surface area (Å²) in [5.74, 6) is 0. The number of rotatable bonds is 2. The van der Waals surface area contributed by atoms with Crippen molar-refractivity contribution in [3.63, 3.8) is 0 Å². The van der Waals surface area contributed by atoms with Gasteiger partial charge in [0.1, 0.15) is 0 Å². The number of amides is 2. The van der Waals surface area contributed by atoms with Gasteiger partial charge in [-0.2, -0.15) is 0 Å². The van der Waals surface area contributed by atoms with Gasteiger partial charge in [-0.25, -0.2) is 9.78 Å². The third-order valence-corrected chi connectivity index (χ3v) is 3.51. The monoisotopic (exact) mass is 268 g/mol. The van der Waals surface area contributed by atoms with Crippen molar-refractivity contribution in [3.8, 4) is 0 Å². The summed E-state index contributed by atoms with van der Waals surface area (Å²) < 4.78 is 0. The van der Waals surface area contributed by atoms with E-state index in [1.54, 1.807) is 6.20 Å². The number of carbonyl (C=O) groups excluding carboxylic acids is 1. The molecule has 1 N–H and O–H groups in total. The van der Waals surface area contributed by atoms with Crippen molar-refractivity contribution >= 4 is 17.6 Å². The van der Waals surface area contributed by atoms with Gasteiger partial charge in [0, 0.05) is 25.0 Å². The van der Waals surface area contributed by atoms with Crippen LogP contribution in [0.4, 0.5) is 4.79 Å². The molecule has 6 heteroatoms. The van der Waals surface area contributed by atoms with Crippen LogP contribution in [0.5, 0.6) is 0 Å². The molecular formula is C12H17ClN4O. The minimum atomic E-state index is -0.0519. The lowest BCUT2D eigenvalue weighted by Crippen LogP contribution is -2.47. The van der Waals surface area contributed by atoms with E-state index in [0.29, 0.717) is 23.4 Å². The van der Waals surface area contributed by atoms with Crippen molar-refractivity contribution in [2.24, 2.45) is 0 Å². The van der Waals surface area contributed by atoms with E-state index >= 15 is 0 Å². The molecule has 1 fully saturated rings. The van der Waals surface area contributed by atoms with Gasteiger partial charge in [-0.3, -0.25) is 4.98 Å². The number of urea groups is 1. The number of carbonyl (C=O) groups is 1. The Bertz CT molecular complexity index is 426. The maximum Gasteiger partial charge on any atom is 0.317 e. The first-order chi connectivity index (χ1) is 8.68. The van der Waals surface area contributed by atoms with E-state index in [-0.39, 0.29) is 6.03 Å². The molecule has 1 atom stereocenters. The Balaban J connectivity index is 1.90. The number of hydrogen-bond donors (Lipinski definition) is 1. The average Bonchev–Trinajstić information content (AvgIpc) is 2.38. The fourth-order valence-corrected chi connectivity index (χ4v) is 2.30. The van der Waals surface area contributed by atoms with Crippen LogP contribution in [-0.2, 0) is 6.54 Å². The van der Waals surface area contributed by atoms with Gasteiger partial charge >= 0.3 is 6.03 Å². The molecule has 0 unspecified atom stereocenters. The van der Waals surface area contributed by atoms with Crippen LogP contribution in [0.3, 0.4) is 0 Å². The van der Waals surface area contributed by atoms with Crippen molar-refractivity contribution in [2.75, 3.05) is 6.54 Å². The van der Waals surface area contributed by atoms with Crippen LogP contribution in [0.25, 0.3) is 0 Å². The number of piperidine rings is 1. The van der Waals surface area contributed by atoms with Gasteiger partial charge in [-0.15, -0.1) is 0 Å². The molecule has 5 nitrogen and oxygen atoms in total. The van der Waals surface area contributed by atoms with E-state index in [2.05, 4.69) is 22.2 Å². The Kier molecular flexibility index (Phi) is 4.36. The van der Waals surface area contributed by atoms with Gasteiger partial charge in [0.25, 0.3) is 0 Å². The fourth-order valence-electron chi connectivity index (χ4n) is 2.13. The summed E-state index contributed by atoms with van der Waals surface area (Å²) in [6.45, 7) is 3.21. The second-order valence-corrected chi connectivity index (χ2v) is 4.85. The van der Waals surface area contributed by atoms with Crippen LogP contribution < -0.4 is 5.32 Å². The third kappa shape index (κ3) is 3.10. The van der Waals surface area contributed by atoms with Gasteiger partial charge in [0.15, 0.2) is 5.15 Å². The molecule has 0 radical (unpaired) electrons. The van der Waals surface area contributed by atoms with Gasteiger partial charge in [0.2, 0.25) is 0 Å². The SMILES string of the molecule is C[C@H]1CCCCN1C(=O)NCc1nccnc1Cl. The highest BCUT2D eigenvalue weighted by atomic mass is 35.5. The highest BCUT2D eigenvalue weighted by Crippen LogP contribution is 2.16. The van der Waals surface area contributed by atoms with Crippen molar-refractivity contribution in [1.82, 2.24) is 20.2 Å². The van der Waals surface area contributed by atoms with Gasteiger partial charge < -0.3 is 10.2 Å². The fraction of sp³-hybridized carbons (Fsp3) is 0.583. The number of likely N-dealkylation sites (tertiary alicyclic amines) is 1. The Morgan fingerprint density at radius 3 is 3.00 bits per heavy atom. The second-order valence-electron chi connectivity index (χ2n) is 4.49. The van der Waals surface area contributed by atoms with Crippen LogP contribution in [0.2, 0.25) is 5.15 Å². The number of nitrogens with one attached hydrogen (secondary N) is 1. The molecule has 1 aromatic rings. The summed E-state index contributed by atoms with van der Waals surface area (Å²) in [5, 5.41) is 3.18. The standard InChI is InChI=1S/C12H17ClN4O/c1-9-4-2-3-7-17(9)12(18)16-8-10-11(13)15-6-5-14-10/h5-6,9H,2-4,7-8H2,1H3,(H,16,18)/t9-/m0/s1. The minimum absolute atomic E-state index is 0.0519. The lowest BCUT2D eigenvalue weighted by Gasteiger charge is -2.33. The van der Waals surface area contributed by atoms with E-state index in [4.69, 9.17) is 11.6 Å². The predicted molar refractivity (Wildman–Crippen MR) is 69.3 cm³/mol. The van der Waals surface area contributed by atoms with Crippen LogP contribution in [0.15, 0.2) is 12.4 Å². The zero-order valence-electron chi connectivity index (χ0n) is 10.4. The largest absolute Gasteiger partial charge is 0.332 e. The predicted octanol–water partition coefficient (Wildman–Crippen LogP) is 2.21. The number of hydrogen-bond acceptors (Lipinski definition) is 3.